The van der Waals surface area contributed by atoms with E-state index in [0.717, 1.165) is 32.4 Å². The predicted molar refractivity (Wildman–Crippen MR) is 70.2 cm³/mol. The first kappa shape index (κ1) is 15.0. The molecule has 4 heteroatoms. The minimum atomic E-state index is -0.826. The first-order chi connectivity index (χ1) is 8.36. The Bertz CT molecular complexity index is 306. The average Bonchev–Trinajstić information content (AvgIpc) is 2.28. The van der Waals surface area contributed by atoms with Crippen LogP contribution >= 0.6 is 0 Å². The van der Waals surface area contributed by atoms with E-state index in [9.17, 15) is 9.59 Å². The van der Waals surface area contributed by atoms with Crippen LogP contribution in [-0.2, 0) is 9.59 Å². The lowest BCUT2D eigenvalue weighted by Crippen LogP contribution is -2.42. The van der Waals surface area contributed by atoms with E-state index in [4.69, 9.17) is 5.11 Å². The van der Waals surface area contributed by atoms with Crippen LogP contribution in [-0.4, -0.2) is 35.0 Å². The van der Waals surface area contributed by atoms with Crippen molar-refractivity contribution in [3.8, 4) is 0 Å². The number of likely N-dealkylation sites (tertiary alicyclic amines) is 1. The second-order valence-electron chi connectivity index (χ2n) is 5.95. The highest BCUT2D eigenvalue weighted by molar-refractivity contribution is 5.77. The average molecular weight is 255 g/mol. The number of carboxylic acid groups (broad SMARTS) is 1. The number of piperidine rings is 1. The summed E-state index contributed by atoms with van der Waals surface area (Å²) in [7, 11) is 0. The minimum absolute atomic E-state index is 0.0746. The second-order valence-corrected chi connectivity index (χ2v) is 5.95. The van der Waals surface area contributed by atoms with E-state index in [0.29, 0.717) is 11.8 Å². The van der Waals surface area contributed by atoms with E-state index in [1.165, 1.54) is 0 Å². The van der Waals surface area contributed by atoms with E-state index in [-0.39, 0.29) is 18.2 Å². The molecular weight excluding hydrogens is 230 g/mol. The lowest BCUT2D eigenvalue weighted by atomic mass is 9.78. The maximum atomic E-state index is 12.0. The number of amides is 1. The molecule has 0 radical (unpaired) electrons. The molecule has 1 rings (SSSR count). The number of hydrogen-bond donors (Lipinski definition) is 1. The molecule has 0 bridgehead atoms. The molecule has 104 valence electrons. The van der Waals surface area contributed by atoms with Crippen molar-refractivity contribution >= 4 is 11.9 Å². The topological polar surface area (TPSA) is 57.6 Å². The molecule has 1 amide bonds. The van der Waals surface area contributed by atoms with Gasteiger partial charge in [0.25, 0.3) is 0 Å². The number of carbonyl (C=O) groups is 2. The third-order valence-electron chi connectivity index (χ3n) is 4.22. The van der Waals surface area contributed by atoms with Gasteiger partial charge in [-0.25, -0.2) is 0 Å². The maximum absolute atomic E-state index is 12.0. The molecule has 1 atom stereocenters. The number of carboxylic acids is 1. The van der Waals surface area contributed by atoms with Crippen molar-refractivity contribution in [1.82, 2.24) is 4.90 Å². The molecule has 1 heterocycles. The summed E-state index contributed by atoms with van der Waals surface area (Å²) in [6.07, 6.45) is 3.71. The van der Waals surface area contributed by atoms with Crippen LogP contribution in [0.1, 0.15) is 52.9 Å². The quantitative estimate of drug-likeness (QED) is 0.821. The highest BCUT2D eigenvalue weighted by Gasteiger charge is 2.30. The molecule has 0 spiro atoms. The molecule has 1 aliphatic heterocycles. The molecule has 1 N–H and O–H groups in total. The molecule has 4 nitrogen and oxygen atoms in total. The van der Waals surface area contributed by atoms with Gasteiger partial charge in [-0.1, -0.05) is 27.2 Å². The van der Waals surface area contributed by atoms with Crippen molar-refractivity contribution in [3.05, 3.63) is 0 Å². The van der Waals surface area contributed by atoms with Gasteiger partial charge >= 0.3 is 5.97 Å². The van der Waals surface area contributed by atoms with E-state index in [2.05, 4.69) is 13.8 Å². The monoisotopic (exact) mass is 255 g/mol. The molecule has 1 aliphatic rings. The Labute approximate surface area is 109 Å². The Balaban J connectivity index is 2.38. The van der Waals surface area contributed by atoms with Gasteiger partial charge in [-0.3, -0.25) is 9.59 Å². The number of rotatable bonds is 5. The lowest BCUT2D eigenvalue weighted by molar-refractivity contribution is -0.139. The van der Waals surface area contributed by atoms with Gasteiger partial charge in [0.1, 0.15) is 0 Å². The number of carbonyl (C=O) groups excluding carboxylic acids is 1. The normalized spacial score (nSPS) is 20.5. The summed E-state index contributed by atoms with van der Waals surface area (Å²) >= 11 is 0. The van der Waals surface area contributed by atoms with Gasteiger partial charge in [0.15, 0.2) is 0 Å². The summed E-state index contributed by atoms with van der Waals surface area (Å²) in [6, 6.07) is 0. The first-order valence-electron chi connectivity index (χ1n) is 6.86. The molecule has 18 heavy (non-hydrogen) atoms. The van der Waals surface area contributed by atoms with Crippen LogP contribution in [0.2, 0.25) is 0 Å². The predicted octanol–water partition coefficient (Wildman–Crippen LogP) is 2.53. The standard InChI is InChI=1S/C14H25NO3/c1-4-14(3)5-7-15(8-6-14)12(16)9-11(2)10-13(17)18/h11H,4-10H2,1-3H3,(H,17,18). The fourth-order valence-corrected chi connectivity index (χ4v) is 2.45. The SMILES string of the molecule is CCC1(C)CCN(C(=O)CC(C)CC(=O)O)CC1. The van der Waals surface area contributed by atoms with Crippen molar-refractivity contribution in [1.29, 1.82) is 0 Å². The smallest absolute Gasteiger partial charge is 0.303 e. The van der Waals surface area contributed by atoms with E-state index >= 15 is 0 Å². The van der Waals surface area contributed by atoms with Crippen molar-refractivity contribution in [2.75, 3.05) is 13.1 Å². The minimum Gasteiger partial charge on any atom is -0.481 e. The molecule has 0 aromatic heterocycles. The van der Waals surface area contributed by atoms with Crippen LogP contribution < -0.4 is 0 Å². The number of aliphatic carboxylic acids is 1. The number of nitrogens with zero attached hydrogens (tertiary/aromatic N) is 1. The van der Waals surface area contributed by atoms with Gasteiger partial charge in [0.2, 0.25) is 5.91 Å². The van der Waals surface area contributed by atoms with Crippen LogP contribution in [0.25, 0.3) is 0 Å². The summed E-state index contributed by atoms with van der Waals surface area (Å²) in [6.45, 7) is 7.95. The van der Waals surface area contributed by atoms with E-state index in [1.54, 1.807) is 0 Å². The van der Waals surface area contributed by atoms with Gasteiger partial charge in [-0.05, 0) is 24.2 Å². The van der Waals surface area contributed by atoms with Gasteiger partial charge < -0.3 is 10.0 Å². The molecule has 0 aromatic carbocycles. The van der Waals surface area contributed by atoms with Crippen LogP contribution in [0.3, 0.4) is 0 Å². The lowest BCUT2D eigenvalue weighted by Gasteiger charge is -2.39. The van der Waals surface area contributed by atoms with Crippen LogP contribution in [0.5, 0.6) is 0 Å². The van der Waals surface area contributed by atoms with Gasteiger partial charge in [0, 0.05) is 25.9 Å². The molecule has 1 unspecified atom stereocenters. The van der Waals surface area contributed by atoms with Crippen molar-refractivity contribution in [2.45, 2.75) is 52.9 Å². The van der Waals surface area contributed by atoms with Crippen molar-refractivity contribution < 1.29 is 14.7 Å². The first-order valence-corrected chi connectivity index (χ1v) is 6.86. The Hall–Kier alpha value is -1.06. The zero-order valence-corrected chi connectivity index (χ0v) is 11.7. The Morgan fingerprint density at radius 3 is 2.28 bits per heavy atom. The van der Waals surface area contributed by atoms with Crippen LogP contribution in [0.4, 0.5) is 0 Å². The fraction of sp³-hybridized carbons (Fsp3) is 0.857. The summed E-state index contributed by atoms with van der Waals surface area (Å²) in [4.78, 5) is 24.5. The largest absolute Gasteiger partial charge is 0.481 e. The van der Waals surface area contributed by atoms with Gasteiger partial charge in [-0.2, -0.15) is 0 Å². The number of hydrogen-bond acceptors (Lipinski definition) is 2. The van der Waals surface area contributed by atoms with E-state index in [1.807, 2.05) is 11.8 Å². The summed E-state index contributed by atoms with van der Waals surface area (Å²) in [5.74, 6) is -0.788. The van der Waals surface area contributed by atoms with Crippen molar-refractivity contribution in [2.24, 2.45) is 11.3 Å². The molecule has 1 fully saturated rings. The maximum Gasteiger partial charge on any atom is 0.303 e. The highest BCUT2D eigenvalue weighted by atomic mass is 16.4. The van der Waals surface area contributed by atoms with Crippen LogP contribution in [0, 0.1) is 11.3 Å². The Morgan fingerprint density at radius 1 is 1.28 bits per heavy atom. The summed E-state index contributed by atoms with van der Waals surface area (Å²) < 4.78 is 0. The molecular formula is C14H25NO3. The third kappa shape index (κ3) is 4.31. The van der Waals surface area contributed by atoms with Crippen LogP contribution in [0.15, 0.2) is 0 Å². The summed E-state index contributed by atoms with van der Waals surface area (Å²) in [5.41, 5.74) is 0.378. The molecule has 0 saturated carbocycles. The zero-order valence-electron chi connectivity index (χ0n) is 11.7. The molecule has 0 aromatic rings. The Kier molecular flexibility index (Phi) is 5.17. The fourth-order valence-electron chi connectivity index (χ4n) is 2.45. The molecule has 1 saturated heterocycles. The molecule has 0 aliphatic carbocycles. The highest BCUT2D eigenvalue weighted by Crippen LogP contribution is 2.34. The zero-order chi connectivity index (χ0) is 13.8. The van der Waals surface area contributed by atoms with Gasteiger partial charge in [-0.15, -0.1) is 0 Å². The third-order valence-corrected chi connectivity index (χ3v) is 4.22. The second kappa shape index (κ2) is 6.21. The van der Waals surface area contributed by atoms with Gasteiger partial charge in [0.05, 0.1) is 0 Å². The van der Waals surface area contributed by atoms with E-state index < -0.39 is 5.97 Å². The Morgan fingerprint density at radius 2 is 1.83 bits per heavy atom. The summed E-state index contributed by atoms with van der Waals surface area (Å²) in [5, 5.41) is 8.68. The van der Waals surface area contributed by atoms with Crippen molar-refractivity contribution in [3.63, 3.8) is 0 Å².